The van der Waals surface area contributed by atoms with Gasteiger partial charge in [-0.2, -0.15) is 0 Å². The number of hydrogen-bond donors (Lipinski definition) is 4. The molecule has 84 heavy (non-hydrogen) atoms. The predicted octanol–water partition coefficient (Wildman–Crippen LogP) is 13.0. The van der Waals surface area contributed by atoms with E-state index in [0.29, 0.717) is 51.4 Å². The Hall–Kier alpha value is -7.00. The molecule has 4 fully saturated rings. The van der Waals surface area contributed by atoms with Crippen LogP contribution in [-0.4, -0.2) is 107 Å². The van der Waals surface area contributed by atoms with Crippen molar-refractivity contribution >= 4 is 0 Å². The average Bonchev–Trinajstić information content (AvgIpc) is 3.15. The number of aliphatic hydroxyl groups excluding tert-OH is 4. The van der Waals surface area contributed by atoms with Crippen LogP contribution in [0.4, 0.5) is 35.1 Å². The highest BCUT2D eigenvalue weighted by atomic mass is 19.3. The van der Waals surface area contributed by atoms with Gasteiger partial charge in [-0.15, -0.1) is 0 Å². The lowest BCUT2D eigenvalue weighted by Gasteiger charge is -2.38. The van der Waals surface area contributed by atoms with Crippen molar-refractivity contribution in [3.05, 3.63) is 169 Å². The lowest BCUT2D eigenvalue weighted by Crippen LogP contribution is -2.46. The maximum Gasteiger partial charge on any atom is 0.273 e. The van der Waals surface area contributed by atoms with Gasteiger partial charge in [0.1, 0.15) is 24.4 Å². The van der Waals surface area contributed by atoms with Crippen LogP contribution >= 0.6 is 0 Å². The van der Waals surface area contributed by atoms with Gasteiger partial charge in [0.2, 0.25) is 0 Å². The summed E-state index contributed by atoms with van der Waals surface area (Å²) < 4.78 is 119. The maximum atomic E-state index is 13.9. The number of hydrogen-bond acceptors (Lipinski definition) is 8. The van der Waals surface area contributed by atoms with Gasteiger partial charge in [-0.25, -0.2) is 55.1 Å². The minimum atomic E-state index is -3.00. The van der Waals surface area contributed by atoms with Crippen LogP contribution in [-0.2, 0) is 0 Å². The van der Waals surface area contributed by atoms with Crippen molar-refractivity contribution in [1.82, 2.24) is 38.2 Å². The lowest BCUT2D eigenvalue weighted by molar-refractivity contribution is -0.160. The molecule has 4 aliphatic heterocycles. The monoisotopic (exact) mass is 1160 g/mol. The molecule has 0 spiro atoms. The molecule has 4 N–H and O–H groups in total. The second-order valence-electron chi connectivity index (χ2n) is 23.9. The summed E-state index contributed by atoms with van der Waals surface area (Å²) in [5.41, 5.74) is 11.9. The van der Waals surface area contributed by atoms with Gasteiger partial charge in [-0.1, -0.05) is 97.1 Å². The van der Waals surface area contributed by atoms with Gasteiger partial charge < -0.3 is 38.7 Å². The highest BCUT2D eigenvalue weighted by Crippen LogP contribution is 2.54. The van der Waals surface area contributed by atoms with Crippen LogP contribution in [0.5, 0.6) is 0 Å². The molecule has 0 radical (unpaired) electrons. The summed E-state index contributed by atoms with van der Waals surface area (Å²) in [6, 6.07) is 30.2. The number of aromatic nitrogens is 8. The van der Waals surface area contributed by atoms with Gasteiger partial charge in [0.25, 0.3) is 23.7 Å². The Morgan fingerprint density at radius 2 is 0.524 bits per heavy atom. The fourth-order valence-electron chi connectivity index (χ4n) is 15.3. The first-order chi connectivity index (χ1) is 40.4. The number of fused-ring (bicyclic) bond motifs is 12. The molecule has 4 aromatic heterocycles. The van der Waals surface area contributed by atoms with Crippen molar-refractivity contribution in [3.8, 4) is 45.0 Å². The van der Waals surface area contributed by atoms with E-state index in [0.717, 1.165) is 67.3 Å². The van der Waals surface area contributed by atoms with E-state index >= 15 is 0 Å². The summed E-state index contributed by atoms with van der Waals surface area (Å²) in [5, 5.41) is 40.6. The minimum Gasteiger partial charge on any atom is -0.386 e. The molecule has 0 unspecified atom stereocenters. The van der Waals surface area contributed by atoms with Gasteiger partial charge in [0, 0.05) is 71.6 Å². The van der Waals surface area contributed by atoms with Gasteiger partial charge in [-0.05, 0) is 73.6 Å². The Balaban J connectivity index is 0.000000104. The Morgan fingerprint density at radius 1 is 0.321 bits per heavy atom. The molecule has 0 amide bonds. The standard InChI is InChI=1S/4C16H16F2N2O/c4*17-16(18)7-3-6-12(15(16)21)14-11-5-2-1-4-10(11)13-8-19-9-20(13)14/h4*1-2,4-5,8-9,12,14-15,21H,3,6-7H2/t2*12-,14+,15-;2*12-,14-,15-/m1010/s1. The molecule has 4 saturated carbocycles. The molecule has 8 aromatic rings. The van der Waals surface area contributed by atoms with Crippen LogP contribution in [0.15, 0.2) is 147 Å². The largest absolute Gasteiger partial charge is 0.386 e. The van der Waals surface area contributed by atoms with Crippen molar-refractivity contribution < 1.29 is 55.5 Å². The van der Waals surface area contributed by atoms with Crippen LogP contribution in [0.2, 0.25) is 0 Å². The molecule has 0 saturated heterocycles. The number of rotatable bonds is 4. The van der Waals surface area contributed by atoms with Crippen molar-refractivity contribution in [1.29, 1.82) is 0 Å². The molecular weight excluding hydrogens is 1100 g/mol. The van der Waals surface area contributed by atoms with Crippen LogP contribution in [0, 0.1) is 23.7 Å². The predicted molar refractivity (Wildman–Crippen MR) is 296 cm³/mol. The maximum absolute atomic E-state index is 13.9. The SMILES string of the molecule is O[C@@H]1[C@@H]([C@@H]2c3ccccc3-c3cncn32)CCCC1(F)F.O[C@@H]1[C@@H]([C@H]2c3ccccc3-c3cncn32)CCCC1(F)F.O[C@H]1[C@H]([C@@H]2c3ccccc3-c3cncn32)CCCC1(F)F.O[C@H]1[C@H]([C@H]2c3ccccc3-c3cncn32)CCCC1(F)F. The molecule has 0 bridgehead atoms. The van der Waals surface area contributed by atoms with E-state index in [9.17, 15) is 55.5 Å². The topological polar surface area (TPSA) is 152 Å². The highest BCUT2D eigenvalue weighted by molar-refractivity contribution is 5.72. The Bertz CT molecular complexity index is 3200. The van der Waals surface area contributed by atoms with Crippen LogP contribution < -0.4 is 0 Å². The molecule has 8 aliphatic rings. The number of aliphatic hydroxyl groups is 4. The van der Waals surface area contributed by atoms with E-state index in [4.69, 9.17) is 0 Å². The lowest BCUT2D eigenvalue weighted by atomic mass is 9.77. The van der Waals surface area contributed by atoms with Gasteiger partial charge in [0.05, 0.1) is 97.0 Å². The fraction of sp³-hybridized carbons (Fsp3) is 0.438. The third kappa shape index (κ3) is 9.40. The van der Waals surface area contributed by atoms with Crippen molar-refractivity contribution in [2.75, 3.05) is 0 Å². The number of nitrogens with zero attached hydrogens (tertiary/aromatic N) is 8. The van der Waals surface area contributed by atoms with Crippen molar-refractivity contribution in [2.24, 2.45) is 23.7 Å². The minimum absolute atomic E-state index is 0.226. The van der Waals surface area contributed by atoms with Gasteiger partial charge in [-0.3, -0.25) is 0 Å². The second-order valence-corrected chi connectivity index (χ2v) is 23.9. The third-order valence-electron chi connectivity index (χ3n) is 19.3. The van der Waals surface area contributed by atoms with Gasteiger partial charge in [0.15, 0.2) is 0 Å². The fourth-order valence-corrected chi connectivity index (χ4v) is 15.3. The summed E-state index contributed by atoms with van der Waals surface area (Å²) in [7, 11) is 0. The quantitative estimate of drug-likeness (QED) is 0.127. The summed E-state index contributed by atoms with van der Waals surface area (Å²) in [4.78, 5) is 16.6. The number of benzene rings is 4. The first-order valence-corrected chi connectivity index (χ1v) is 29.1. The Morgan fingerprint density at radius 3 is 0.738 bits per heavy atom. The molecular formula is C64H64F8N8O4. The average molecular weight is 1160 g/mol. The highest BCUT2D eigenvalue weighted by Gasteiger charge is 2.55. The van der Waals surface area contributed by atoms with Crippen molar-refractivity contribution in [3.63, 3.8) is 0 Å². The summed E-state index contributed by atoms with van der Waals surface area (Å²) in [6.45, 7) is 0. The summed E-state index contributed by atoms with van der Waals surface area (Å²) >= 11 is 0. The molecule has 8 heterocycles. The zero-order valence-electron chi connectivity index (χ0n) is 45.7. The van der Waals surface area contributed by atoms with Crippen LogP contribution in [0.3, 0.4) is 0 Å². The molecule has 20 heteroatoms. The van der Waals surface area contributed by atoms with E-state index in [1.54, 1.807) is 50.1 Å². The number of halogens is 8. The molecule has 4 aliphatic carbocycles. The Labute approximate surface area is 479 Å². The van der Waals surface area contributed by atoms with Gasteiger partial charge >= 0.3 is 0 Å². The normalized spacial score (nSPS) is 30.0. The van der Waals surface area contributed by atoms with Crippen LogP contribution in [0.1, 0.15) is 123 Å². The summed E-state index contributed by atoms with van der Waals surface area (Å²) in [6.07, 6.45) is 10.6. The van der Waals surface area contributed by atoms with E-state index in [-0.39, 0.29) is 49.9 Å². The Kier molecular flexibility index (Phi) is 14.4. The van der Waals surface area contributed by atoms with Crippen molar-refractivity contribution in [2.45, 2.75) is 149 Å². The van der Waals surface area contributed by atoms with E-state index < -0.39 is 71.8 Å². The molecule has 16 rings (SSSR count). The van der Waals surface area contributed by atoms with E-state index in [2.05, 4.69) is 19.9 Å². The zero-order chi connectivity index (χ0) is 58.5. The first kappa shape index (κ1) is 56.1. The first-order valence-electron chi connectivity index (χ1n) is 29.1. The summed E-state index contributed by atoms with van der Waals surface area (Å²) in [5.74, 6) is -13.9. The zero-order valence-corrected chi connectivity index (χ0v) is 45.7. The molecule has 4 aromatic carbocycles. The molecule has 12 atom stereocenters. The molecule has 440 valence electrons. The number of imidazole rings is 4. The third-order valence-corrected chi connectivity index (χ3v) is 19.3. The van der Waals surface area contributed by atoms with E-state index in [1.165, 1.54) is 0 Å². The van der Waals surface area contributed by atoms with Crippen LogP contribution in [0.25, 0.3) is 45.0 Å². The second kappa shape index (κ2) is 21.5. The smallest absolute Gasteiger partial charge is 0.273 e. The molecule has 12 nitrogen and oxygen atoms in total. The number of alkyl halides is 8. The van der Waals surface area contributed by atoms with E-state index in [1.807, 2.05) is 115 Å².